The van der Waals surface area contributed by atoms with E-state index >= 15 is 0 Å². The monoisotopic (exact) mass is 320 g/mol. The number of aliphatic hydroxyl groups is 1. The zero-order valence-electron chi connectivity index (χ0n) is 14.9. The van der Waals surface area contributed by atoms with E-state index < -0.39 is 8.32 Å². The largest absolute Gasteiger partial charge is 0.544 e. The first kappa shape index (κ1) is 17.5. The van der Waals surface area contributed by atoms with Crippen LogP contribution in [-0.2, 0) is 0 Å². The topological polar surface area (TPSA) is 29.5 Å². The average Bonchev–Trinajstić information content (AvgIpc) is 2.47. The number of hydrogen-bond donors (Lipinski definition) is 1. The van der Waals surface area contributed by atoms with Crippen LogP contribution in [0.15, 0.2) is 24.3 Å². The van der Waals surface area contributed by atoms with Crippen molar-refractivity contribution in [3.05, 3.63) is 29.8 Å². The molecular formula is C19H32O2Si. The SMILES string of the molecule is CC(C)(C)[Si](C)(C)Oc1ccc(C2CCC(CO)CC2)cc1. The predicted molar refractivity (Wildman–Crippen MR) is 96.1 cm³/mol. The number of rotatable bonds is 4. The van der Waals surface area contributed by atoms with Crippen molar-refractivity contribution in [3.8, 4) is 5.75 Å². The molecule has 0 spiro atoms. The third kappa shape index (κ3) is 4.14. The van der Waals surface area contributed by atoms with E-state index in [2.05, 4.69) is 58.1 Å². The summed E-state index contributed by atoms with van der Waals surface area (Å²) in [5.74, 6) is 2.20. The van der Waals surface area contributed by atoms with Crippen LogP contribution >= 0.6 is 0 Å². The maximum Gasteiger partial charge on any atom is 0.250 e. The first-order chi connectivity index (χ1) is 10.2. The molecule has 0 aliphatic heterocycles. The van der Waals surface area contributed by atoms with Crippen molar-refractivity contribution in [1.82, 2.24) is 0 Å². The van der Waals surface area contributed by atoms with Crippen molar-refractivity contribution in [2.24, 2.45) is 5.92 Å². The van der Waals surface area contributed by atoms with E-state index in [0.29, 0.717) is 18.4 Å². The van der Waals surface area contributed by atoms with Crippen LogP contribution in [0, 0.1) is 5.92 Å². The van der Waals surface area contributed by atoms with E-state index in [-0.39, 0.29) is 5.04 Å². The first-order valence-corrected chi connectivity index (χ1v) is 11.5. The molecule has 0 atom stereocenters. The highest BCUT2D eigenvalue weighted by atomic mass is 28.4. The maximum absolute atomic E-state index is 9.25. The molecule has 0 amide bonds. The van der Waals surface area contributed by atoms with Gasteiger partial charge in [0.25, 0.3) is 0 Å². The van der Waals surface area contributed by atoms with Crippen LogP contribution in [0.2, 0.25) is 18.1 Å². The molecule has 0 radical (unpaired) electrons. The fourth-order valence-electron chi connectivity index (χ4n) is 2.93. The van der Waals surface area contributed by atoms with Crippen LogP contribution in [0.25, 0.3) is 0 Å². The van der Waals surface area contributed by atoms with Gasteiger partial charge in [-0.15, -0.1) is 0 Å². The van der Waals surface area contributed by atoms with Crippen molar-refractivity contribution in [1.29, 1.82) is 0 Å². The van der Waals surface area contributed by atoms with Gasteiger partial charge in [0, 0.05) is 6.61 Å². The molecule has 1 aliphatic rings. The van der Waals surface area contributed by atoms with Crippen molar-refractivity contribution in [2.45, 2.75) is 70.5 Å². The predicted octanol–water partition coefficient (Wildman–Crippen LogP) is 5.34. The van der Waals surface area contributed by atoms with Gasteiger partial charge in [0.05, 0.1) is 0 Å². The second kappa shape index (κ2) is 6.75. The standard InChI is InChI=1S/C19H32O2Si/c1-19(2,3)22(4,5)21-18-12-10-17(11-13-18)16-8-6-15(14-20)7-9-16/h10-13,15-16,20H,6-9,14H2,1-5H3. The lowest BCUT2D eigenvalue weighted by molar-refractivity contribution is 0.182. The lowest BCUT2D eigenvalue weighted by atomic mass is 9.79. The fourth-order valence-corrected chi connectivity index (χ4v) is 3.97. The molecule has 1 fully saturated rings. The highest BCUT2D eigenvalue weighted by Crippen LogP contribution is 2.39. The Morgan fingerprint density at radius 2 is 1.59 bits per heavy atom. The van der Waals surface area contributed by atoms with Gasteiger partial charge in [-0.2, -0.15) is 0 Å². The Balaban J connectivity index is 1.99. The van der Waals surface area contributed by atoms with E-state index in [1.54, 1.807) is 0 Å². The van der Waals surface area contributed by atoms with Gasteiger partial charge in [-0.05, 0) is 73.3 Å². The fraction of sp³-hybridized carbons (Fsp3) is 0.684. The van der Waals surface area contributed by atoms with Gasteiger partial charge in [-0.1, -0.05) is 32.9 Å². The van der Waals surface area contributed by atoms with Crippen LogP contribution in [0.3, 0.4) is 0 Å². The molecule has 0 heterocycles. The molecule has 22 heavy (non-hydrogen) atoms. The van der Waals surface area contributed by atoms with Crippen LogP contribution in [-0.4, -0.2) is 20.0 Å². The summed E-state index contributed by atoms with van der Waals surface area (Å²) in [4.78, 5) is 0. The van der Waals surface area contributed by atoms with Crippen LogP contribution < -0.4 is 4.43 Å². The maximum atomic E-state index is 9.25. The van der Waals surface area contributed by atoms with Crippen LogP contribution in [0.1, 0.15) is 57.9 Å². The van der Waals surface area contributed by atoms with E-state index in [1.807, 2.05) is 0 Å². The molecule has 1 saturated carbocycles. The highest BCUT2D eigenvalue weighted by molar-refractivity contribution is 6.74. The van der Waals surface area contributed by atoms with Crippen molar-refractivity contribution in [2.75, 3.05) is 6.61 Å². The molecule has 1 N–H and O–H groups in total. The quantitative estimate of drug-likeness (QED) is 0.759. The van der Waals surface area contributed by atoms with Crippen molar-refractivity contribution >= 4 is 8.32 Å². The summed E-state index contributed by atoms with van der Waals surface area (Å²) < 4.78 is 6.35. The summed E-state index contributed by atoms with van der Waals surface area (Å²) in [6.07, 6.45) is 4.72. The molecule has 0 bridgehead atoms. The second-order valence-electron chi connectivity index (χ2n) is 8.33. The molecule has 1 aromatic rings. The molecule has 1 aromatic carbocycles. The van der Waals surface area contributed by atoms with E-state index in [4.69, 9.17) is 4.43 Å². The van der Waals surface area contributed by atoms with Gasteiger partial charge >= 0.3 is 0 Å². The van der Waals surface area contributed by atoms with E-state index in [1.165, 1.54) is 18.4 Å². The molecule has 2 rings (SSSR count). The third-order valence-corrected chi connectivity index (χ3v) is 9.99. The third-order valence-electron chi connectivity index (χ3n) is 5.64. The first-order valence-electron chi connectivity index (χ1n) is 8.63. The second-order valence-corrected chi connectivity index (χ2v) is 13.1. The lowest BCUT2D eigenvalue weighted by Gasteiger charge is -2.36. The van der Waals surface area contributed by atoms with Gasteiger partial charge in [0.1, 0.15) is 5.75 Å². The zero-order valence-corrected chi connectivity index (χ0v) is 15.9. The Morgan fingerprint density at radius 1 is 1.05 bits per heavy atom. The Bertz CT molecular complexity index is 465. The van der Waals surface area contributed by atoms with Gasteiger partial charge in [0.15, 0.2) is 0 Å². The Morgan fingerprint density at radius 3 is 2.05 bits per heavy atom. The zero-order chi connectivity index (χ0) is 16.4. The Hall–Kier alpha value is -0.803. The van der Waals surface area contributed by atoms with Gasteiger partial charge in [-0.25, -0.2) is 0 Å². The molecule has 2 nitrogen and oxygen atoms in total. The van der Waals surface area contributed by atoms with Gasteiger partial charge in [0.2, 0.25) is 8.32 Å². The summed E-state index contributed by atoms with van der Waals surface area (Å²) in [7, 11) is -1.74. The molecular weight excluding hydrogens is 288 g/mol. The Labute approximate surface area is 137 Å². The molecule has 124 valence electrons. The minimum absolute atomic E-state index is 0.231. The van der Waals surface area contributed by atoms with Crippen molar-refractivity contribution < 1.29 is 9.53 Å². The van der Waals surface area contributed by atoms with Gasteiger partial charge < -0.3 is 9.53 Å². The minimum Gasteiger partial charge on any atom is -0.544 e. The van der Waals surface area contributed by atoms with Crippen LogP contribution in [0.5, 0.6) is 5.75 Å². The van der Waals surface area contributed by atoms with Gasteiger partial charge in [-0.3, -0.25) is 0 Å². The smallest absolute Gasteiger partial charge is 0.250 e. The number of aliphatic hydroxyl groups excluding tert-OH is 1. The average molecular weight is 321 g/mol. The molecule has 3 heteroatoms. The lowest BCUT2D eigenvalue weighted by Crippen LogP contribution is -2.43. The highest BCUT2D eigenvalue weighted by Gasteiger charge is 2.38. The Kier molecular flexibility index (Phi) is 5.39. The number of hydrogen-bond acceptors (Lipinski definition) is 2. The molecule has 0 saturated heterocycles. The summed E-state index contributed by atoms with van der Waals surface area (Å²) >= 11 is 0. The summed E-state index contributed by atoms with van der Waals surface area (Å²) in [5, 5.41) is 9.48. The normalized spacial score (nSPS) is 23.4. The summed E-state index contributed by atoms with van der Waals surface area (Å²) in [6.45, 7) is 11.7. The summed E-state index contributed by atoms with van der Waals surface area (Å²) in [6, 6.07) is 8.78. The van der Waals surface area contributed by atoms with E-state index in [9.17, 15) is 5.11 Å². The summed E-state index contributed by atoms with van der Waals surface area (Å²) in [5.41, 5.74) is 1.43. The van der Waals surface area contributed by atoms with Crippen molar-refractivity contribution in [3.63, 3.8) is 0 Å². The molecule has 0 unspecified atom stereocenters. The van der Waals surface area contributed by atoms with Crippen LogP contribution in [0.4, 0.5) is 0 Å². The molecule has 0 aromatic heterocycles. The molecule has 1 aliphatic carbocycles. The number of benzene rings is 1. The minimum atomic E-state index is -1.74. The van der Waals surface area contributed by atoms with E-state index in [0.717, 1.165) is 18.6 Å².